The first-order chi connectivity index (χ1) is 9.22. The molecule has 2 aromatic heterocycles. The van der Waals surface area contributed by atoms with E-state index in [1.807, 2.05) is 18.3 Å². The smallest absolute Gasteiger partial charge is 0.131 e. The van der Waals surface area contributed by atoms with E-state index in [0.29, 0.717) is 5.92 Å². The molecule has 0 unspecified atom stereocenters. The maximum absolute atomic E-state index is 5.41. The van der Waals surface area contributed by atoms with Crippen molar-refractivity contribution in [1.29, 1.82) is 0 Å². The van der Waals surface area contributed by atoms with E-state index in [4.69, 9.17) is 9.40 Å². The average Bonchev–Trinajstić information content (AvgIpc) is 2.90. The SMILES string of the molecule is CC(C)c1ncc2c(n1)CN(Cc1ccco1)CC2. The quantitative estimate of drug-likeness (QED) is 0.848. The van der Waals surface area contributed by atoms with Crippen LogP contribution in [0.15, 0.2) is 29.0 Å². The van der Waals surface area contributed by atoms with E-state index in [1.165, 1.54) is 11.3 Å². The first kappa shape index (κ1) is 12.4. The summed E-state index contributed by atoms with van der Waals surface area (Å²) in [5.74, 6) is 2.34. The van der Waals surface area contributed by atoms with Gasteiger partial charge < -0.3 is 4.42 Å². The van der Waals surface area contributed by atoms with Crippen LogP contribution in [0.2, 0.25) is 0 Å². The number of furan rings is 1. The second-order valence-corrected chi connectivity index (χ2v) is 5.39. The Kier molecular flexibility index (Phi) is 3.34. The molecule has 0 aliphatic carbocycles. The Morgan fingerprint density at radius 3 is 3.05 bits per heavy atom. The fourth-order valence-corrected chi connectivity index (χ4v) is 2.41. The third-order valence-corrected chi connectivity index (χ3v) is 3.52. The molecule has 0 radical (unpaired) electrons. The lowest BCUT2D eigenvalue weighted by atomic mass is 10.1. The lowest BCUT2D eigenvalue weighted by Gasteiger charge is -2.27. The monoisotopic (exact) mass is 257 g/mol. The molecule has 2 aromatic rings. The molecule has 1 aliphatic heterocycles. The van der Waals surface area contributed by atoms with Crippen molar-refractivity contribution in [2.45, 2.75) is 39.3 Å². The van der Waals surface area contributed by atoms with Crippen LogP contribution in [-0.4, -0.2) is 21.4 Å². The number of rotatable bonds is 3. The second kappa shape index (κ2) is 5.13. The Balaban J connectivity index is 1.76. The molecule has 19 heavy (non-hydrogen) atoms. The highest BCUT2D eigenvalue weighted by molar-refractivity contribution is 5.21. The third-order valence-electron chi connectivity index (χ3n) is 3.52. The van der Waals surface area contributed by atoms with E-state index in [0.717, 1.165) is 37.6 Å². The van der Waals surface area contributed by atoms with Gasteiger partial charge in [-0.3, -0.25) is 4.90 Å². The summed E-state index contributed by atoms with van der Waals surface area (Å²) in [5, 5.41) is 0. The van der Waals surface area contributed by atoms with Gasteiger partial charge in [0, 0.05) is 25.2 Å². The highest BCUT2D eigenvalue weighted by Gasteiger charge is 2.19. The molecule has 100 valence electrons. The minimum Gasteiger partial charge on any atom is -0.468 e. The lowest BCUT2D eigenvalue weighted by molar-refractivity contribution is 0.221. The maximum Gasteiger partial charge on any atom is 0.131 e. The van der Waals surface area contributed by atoms with Gasteiger partial charge in [-0.2, -0.15) is 0 Å². The molecule has 0 atom stereocenters. The molecule has 0 bridgehead atoms. The molecule has 0 saturated carbocycles. The van der Waals surface area contributed by atoms with Gasteiger partial charge in [0.15, 0.2) is 0 Å². The van der Waals surface area contributed by atoms with Crippen molar-refractivity contribution in [2.75, 3.05) is 6.54 Å². The van der Waals surface area contributed by atoms with Crippen LogP contribution >= 0.6 is 0 Å². The zero-order valence-electron chi connectivity index (χ0n) is 11.5. The molecule has 4 heteroatoms. The van der Waals surface area contributed by atoms with Crippen LogP contribution < -0.4 is 0 Å². The first-order valence-electron chi connectivity index (χ1n) is 6.82. The van der Waals surface area contributed by atoms with Crippen molar-refractivity contribution in [2.24, 2.45) is 0 Å². The Hall–Kier alpha value is -1.68. The van der Waals surface area contributed by atoms with Crippen LogP contribution in [0.5, 0.6) is 0 Å². The van der Waals surface area contributed by atoms with Gasteiger partial charge in [-0.1, -0.05) is 13.8 Å². The molecule has 0 fully saturated rings. The molecule has 1 aliphatic rings. The van der Waals surface area contributed by atoms with Crippen molar-refractivity contribution in [3.05, 3.63) is 47.4 Å². The lowest BCUT2D eigenvalue weighted by Crippen LogP contribution is -2.31. The average molecular weight is 257 g/mol. The topological polar surface area (TPSA) is 42.2 Å². The number of hydrogen-bond donors (Lipinski definition) is 0. The normalized spacial score (nSPS) is 15.7. The highest BCUT2D eigenvalue weighted by Crippen LogP contribution is 2.20. The van der Waals surface area contributed by atoms with Gasteiger partial charge in [0.2, 0.25) is 0 Å². The van der Waals surface area contributed by atoms with Crippen LogP contribution in [0.4, 0.5) is 0 Å². The summed E-state index contributed by atoms with van der Waals surface area (Å²) < 4.78 is 5.41. The van der Waals surface area contributed by atoms with Crippen molar-refractivity contribution < 1.29 is 4.42 Å². The van der Waals surface area contributed by atoms with Crippen molar-refractivity contribution in [1.82, 2.24) is 14.9 Å². The fraction of sp³-hybridized carbons (Fsp3) is 0.467. The van der Waals surface area contributed by atoms with E-state index in [-0.39, 0.29) is 0 Å². The maximum atomic E-state index is 5.41. The third kappa shape index (κ3) is 2.68. The minimum atomic E-state index is 0.380. The van der Waals surface area contributed by atoms with E-state index in [2.05, 4.69) is 23.7 Å². The molecule has 0 N–H and O–H groups in total. The molecule has 4 nitrogen and oxygen atoms in total. The zero-order chi connectivity index (χ0) is 13.2. The Morgan fingerprint density at radius 1 is 1.42 bits per heavy atom. The van der Waals surface area contributed by atoms with E-state index >= 15 is 0 Å². The Labute approximate surface area is 113 Å². The summed E-state index contributed by atoms with van der Waals surface area (Å²) in [5.41, 5.74) is 2.47. The standard InChI is InChI=1S/C15H19N3O/c1-11(2)15-16-8-12-5-6-18(10-14(12)17-15)9-13-4-3-7-19-13/h3-4,7-8,11H,5-6,9-10H2,1-2H3. The second-order valence-electron chi connectivity index (χ2n) is 5.39. The first-order valence-corrected chi connectivity index (χ1v) is 6.82. The van der Waals surface area contributed by atoms with Crippen molar-refractivity contribution in [3.8, 4) is 0 Å². The fourth-order valence-electron chi connectivity index (χ4n) is 2.41. The zero-order valence-corrected chi connectivity index (χ0v) is 11.5. The van der Waals surface area contributed by atoms with Gasteiger partial charge in [-0.25, -0.2) is 9.97 Å². The van der Waals surface area contributed by atoms with Gasteiger partial charge in [0.25, 0.3) is 0 Å². The van der Waals surface area contributed by atoms with E-state index in [9.17, 15) is 0 Å². The van der Waals surface area contributed by atoms with Crippen LogP contribution in [0.3, 0.4) is 0 Å². The summed E-state index contributed by atoms with van der Waals surface area (Å²) in [6.07, 6.45) is 4.75. The van der Waals surface area contributed by atoms with Crippen molar-refractivity contribution in [3.63, 3.8) is 0 Å². The Morgan fingerprint density at radius 2 is 2.32 bits per heavy atom. The molecule has 0 amide bonds. The molecular formula is C15H19N3O. The molecule has 0 spiro atoms. The number of hydrogen-bond acceptors (Lipinski definition) is 4. The van der Waals surface area contributed by atoms with Crippen molar-refractivity contribution >= 4 is 0 Å². The minimum absolute atomic E-state index is 0.380. The molecule has 0 aromatic carbocycles. The number of nitrogens with zero attached hydrogens (tertiary/aromatic N) is 3. The summed E-state index contributed by atoms with van der Waals surface area (Å²) >= 11 is 0. The van der Waals surface area contributed by atoms with Crippen LogP contribution in [0.25, 0.3) is 0 Å². The molecular weight excluding hydrogens is 238 g/mol. The van der Waals surface area contributed by atoms with Crippen LogP contribution in [0.1, 0.15) is 42.6 Å². The van der Waals surface area contributed by atoms with E-state index < -0.39 is 0 Å². The van der Waals surface area contributed by atoms with Crippen LogP contribution in [0, 0.1) is 0 Å². The number of aromatic nitrogens is 2. The predicted molar refractivity (Wildman–Crippen MR) is 72.6 cm³/mol. The van der Waals surface area contributed by atoms with Gasteiger partial charge in [-0.15, -0.1) is 0 Å². The van der Waals surface area contributed by atoms with Gasteiger partial charge >= 0.3 is 0 Å². The van der Waals surface area contributed by atoms with Crippen LogP contribution in [-0.2, 0) is 19.5 Å². The summed E-state index contributed by atoms with van der Waals surface area (Å²) in [4.78, 5) is 11.5. The number of fused-ring (bicyclic) bond motifs is 1. The Bertz CT molecular complexity index is 549. The molecule has 3 heterocycles. The van der Waals surface area contributed by atoms with E-state index in [1.54, 1.807) is 6.26 Å². The highest BCUT2D eigenvalue weighted by atomic mass is 16.3. The predicted octanol–water partition coefficient (Wildman–Crippen LogP) is 2.75. The summed E-state index contributed by atoms with van der Waals surface area (Å²) in [7, 11) is 0. The largest absolute Gasteiger partial charge is 0.468 e. The summed E-state index contributed by atoms with van der Waals surface area (Å²) in [6.45, 7) is 7.04. The molecule has 3 rings (SSSR count). The van der Waals surface area contributed by atoms with Gasteiger partial charge in [0.1, 0.15) is 11.6 Å². The summed E-state index contributed by atoms with van der Waals surface area (Å²) in [6, 6.07) is 3.96. The van der Waals surface area contributed by atoms with Gasteiger partial charge in [-0.05, 0) is 24.1 Å². The molecule has 0 saturated heterocycles. The van der Waals surface area contributed by atoms with Gasteiger partial charge in [0.05, 0.1) is 18.5 Å².